The summed E-state index contributed by atoms with van der Waals surface area (Å²) in [6, 6.07) is 3.86. The molecule has 0 aliphatic carbocycles. The number of fused-ring (bicyclic) bond motifs is 2. The molecule has 0 bridgehead atoms. The van der Waals surface area contributed by atoms with Gasteiger partial charge in [0.1, 0.15) is 0 Å². The minimum absolute atomic E-state index is 0.125. The summed E-state index contributed by atoms with van der Waals surface area (Å²) in [4.78, 5) is 17.0. The maximum atomic E-state index is 12.0. The Kier molecular flexibility index (Phi) is 2.86. The van der Waals surface area contributed by atoms with Gasteiger partial charge in [0, 0.05) is 24.6 Å². The zero-order valence-corrected chi connectivity index (χ0v) is 12.7. The van der Waals surface area contributed by atoms with Crippen molar-refractivity contribution < 1.29 is 14.3 Å². The van der Waals surface area contributed by atoms with Gasteiger partial charge in [-0.25, -0.2) is 0 Å². The number of amides is 1. The molecular formula is C14H16N2O3S. The van der Waals surface area contributed by atoms with E-state index in [0.29, 0.717) is 4.80 Å². The summed E-state index contributed by atoms with van der Waals surface area (Å²) < 4.78 is 13.7. The Morgan fingerprint density at radius 1 is 1.30 bits per heavy atom. The topological polar surface area (TPSA) is 52.8 Å². The van der Waals surface area contributed by atoms with Gasteiger partial charge in [-0.2, -0.15) is 4.99 Å². The SMILES string of the molecule is Cn1c(=NC(=O)C(C)(C)C)sc2cc3c(cc21)OCO3. The molecule has 0 saturated heterocycles. The second-order valence-corrected chi connectivity index (χ2v) is 6.79. The van der Waals surface area contributed by atoms with Crippen LogP contribution >= 0.6 is 11.3 Å². The molecule has 5 nitrogen and oxygen atoms in total. The molecule has 0 saturated carbocycles. The first kappa shape index (κ1) is 13.2. The first-order chi connectivity index (χ1) is 9.36. The minimum atomic E-state index is -0.475. The Morgan fingerprint density at radius 3 is 2.60 bits per heavy atom. The van der Waals surface area contributed by atoms with E-state index in [1.807, 2.05) is 44.5 Å². The molecule has 20 heavy (non-hydrogen) atoms. The maximum Gasteiger partial charge on any atom is 0.253 e. The highest BCUT2D eigenvalue weighted by molar-refractivity contribution is 7.16. The normalized spacial score (nSPS) is 15.1. The predicted molar refractivity (Wildman–Crippen MR) is 76.9 cm³/mol. The molecule has 0 fully saturated rings. The molecule has 1 aromatic heterocycles. The highest BCUT2D eigenvalue weighted by Gasteiger charge is 2.21. The average Bonchev–Trinajstić information content (AvgIpc) is 2.92. The van der Waals surface area contributed by atoms with E-state index in [1.54, 1.807) is 0 Å². The van der Waals surface area contributed by atoms with Crippen molar-refractivity contribution in [1.82, 2.24) is 4.57 Å². The van der Waals surface area contributed by atoms with Crippen molar-refractivity contribution in [2.45, 2.75) is 20.8 Å². The zero-order valence-electron chi connectivity index (χ0n) is 11.9. The monoisotopic (exact) mass is 292 g/mol. The van der Waals surface area contributed by atoms with Gasteiger partial charge >= 0.3 is 0 Å². The van der Waals surface area contributed by atoms with Crippen molar-refractivity contribution >= 4 is 27.5 Å². The summed E-state index contributed by atoms with van der Waals surface area (Å²) in [7, 11) is 1.90. The van der Waals surface area contributed by atoms with E-state index in [1.165, 1.54) is 11.3 Å². The van der Waals surface area contributed by atoms with E-state index < -0.39 is 5.41 Å². The summed E-state index contributed by atoms with van der Waals surface area (Å²) >= 11 is 1.47. The highest BCUT2D eigenvalue weighted by Crippen LogP contribution is 2.36. The van der Waals surface area contributed by atoms with Gasteiger partial charge in [0.25, 0.3) is 5.91 Å². The van der Waals surface area contributed by atoms with Crippen LogP contribution in [-0.4, -0.2) is 17.3 Å². The van der Waals surface area contributed by atoms with Gasteiger partial charge in [-0.3, -0.25) is 4.79 Å². The lowest BCUT2D eigenvalue weighted by atomic mass is 9.96. The first-order valence-corrected chi connectivity index (χ1v) is 7.16. The molecule has 0 unspecified atom stereocenters. The molecule has 0 atom stereocenters. The molecule has 1 aromatic carbocycles. The molecule has 2 aromatic rings. The van der Waals surface area contributed by atoms with Gasteiger partial charge in [0.15, 0.2) is 16.3 Å². The van der Waals surface area contributed by atoms with Gasteiger partial charge in [0.05, 0.1) is 10.2 Å². The van der Waals surface area contributed by atoms with Gasteiger partial charge in [0.2, 0.25) is 6.79 Å². The third kappa shape index (κ3) is 2.10. The van der Waals surface area contributed by atoms with Crippen LogP contribution in [0.5, 0.6) is 11.5 Å². The minimum Gasteiger partial charge on any atom is -0.454 e. The van der Waals surface area contributed by atoms with E-state index in [9.17, 15) is 4.79 Å². The smallest absolute Gasteiger partial charge is 0.253 e. The number of ether oxygens (including phenoxy) is 2. The van der Waals surface area contributed by atoms with Gasteiger partial charge in [-0.05, 0) is 0 Å². The van der Waals surface area contributed by atoms with Crippen LogP contribution in [0, 0.1) is 5.41 Å². The summed E-state index contributed by atoms with van der Waals surface area (Å²) in [6.07, 6.45) is 0. The molecule has 0 N–H and O–H groups in total. The van der Waals surface area contributed by atoms with E-state index in [0.717, 1.165) is 21.7 Å². The Labute approximate surface area is 120 Å². The van der Waals surface area contributed by atoms with Crippen molar-refractivity contribution in [2.24, 2.45) is 17.5 Å². The lowest BCUT2D eigenvalue weighted by Crippen LogP contribution is -2.22. The lowest BCUT2D eigenvalue weighted by Gasteiger charge is -2.11. The number of rotatable bonds is 0. The van der Waals surface area contributed by atoms with E-state index in [4.69, 9.17) is 9.47 Å². The van der Waals surface area contributed by atoms with Crippen LogP contribution < -0.4 is 14.3 Å². The quantitative estimate of drug-likeness (QED) is 0.749. The molecule has 2 heterocycles. The molecule has 6 heteroatoms. The second-order valence-electron chi connectivity index (χ2n) is 5.78. The number of aryl methyl sites for hydroxylation is 1. The van der Waals surface area contributed by atoms with Crippen LogP contribution in [0.15, 0.2) is 17.1 Å². The number of hydrogen-bond acceptors (Lipinski definition) is 4. The molecule has 0 spiro atoms. The van der Waals surface area contributed by atoms with Crippen LogP contribution in [0.1, 0.15) is 20.8 Å². The molecule has 1 amide bonds. The fraction of sp³-hybridized carbons (Fsp3) is 0.429. The van der Waals surface area contributed by atoms with Crippen molar-refractivity contribution in [2.75, 3.05) is 6.79 Å². The number of thiazole rings is 1. The van der Waals surface area contributed by atoms with E-state index in [2.05, 4.69) is 4.99 Å². The van der Waals surface area contributed by atoms with Crippen LogP contribution in [0.3, 0.4) is 0 Å². The largest absolute Gasteiger partial charge is 0.454 e. The van der Waals surface area contributed by atoms with Crippen molar-refractivity contribution in [3.05, 3.63) is 16.9 Å². The van der Waals surface area contributed by atoms with Gasteiger partial charge in [-0.1, -0.05) is 32.1 Å². The summed E-state index contributed by atoms with van der Waals surface area (Å²) in [5.41, 5.74) is 0.511. The van der Waals surface area contributed by atoms with Crippen LogP contribution in [0.25, 0.3) is 10.2 Å². The zero-order chi connectivity index (χ0) is 14.5. The summed E-state index contributed by atoms with van der Waals surface area (Å²) in [5, 5.41) is 0. The molecule has 106 valence electrons. The second kappa shape index (κ2) is 4.34. The van der Waals surface area contributed by atoms with Gasteiger partial charge in [-0.15, -0.1) is 0 Å². The number of carbonyl (C=O) groups excluding carboxylic acids is 1. The van der Waals surface area contributed by atoms with E-state index >= 15 is 0 Å². The molecule has 0 radical (unpaired) electrons. The number of nitrogens with zero attached hydrogens (tertiary/aromatic N) is 2. The predicted octanol–water partition coefficient (Wildman–Crippen LogP) is 2.44. The number of aromatic nitrogens is 1. The maximum absolute atomic E-state index is 12.0. The summed E-state index contributed by atoms with van der Waals surface area (Å²) in [5.74, 6) is 1.35. The molecule has 1 aliphatic rings. The fourth-order valence-electron chi connectivity index (χ4n) is 1.88. The molecule has 1 aliphatic heterocycles. The van der Waals surface area contributed by atoms with Crippen molar-refractivity contribution in [3.8, 4) is 11.5 Å². The number of carbonyl (C=O) groups is 1. The third-order valence-electron chi connectivity index (χ3n) is 3.14. The van der Waals surface area contributed by atoms with Gasteiger partial charge < -0.3 is 14.0 Å². The standard InChI is InChI=1S/C14H16N2O3S/c1-14(2,3)12(17)15-13-16(4)8-5-9-10(19-7-18-9)6-11(8)20-13/h5-6H,7H2,1-4H3. The lowest BCUT2D eigenvalue weighted by molar-refractivity contribution is -0.125. The Balaban J connectivity index is 2.17. The summed E-state index contributed by atoms with van der Waals surface area (Å²) in [6.45, 7) is 5.85. The van der Waals surface area contributed by atoms with Crippen molar-refractivity contribution in [1.29, 1.82) is 0 Å². The fourth-order valence-corrected chi connectivity index (χ4v) is 2.91. The number of hydrogen-bond donors (Lipinski definition) is 0. The Morgan fingerprint density at radius 2 is 1.95 bits per heavy atom. The first-order valence-electron chi connectivity index (χ1n) is 6.34. The van der Waals surface area contributed by atoms with Crippen LogP contribution in [0.2, 0.25) is 0 Å². The van der Waals surface area contributed by atoms with Crippen molar-refractivity contribution in [3.63, 3.8) is 0 Å². The highest BCUT2D eigenvalue weighted by atomic mass is 32.1. The molecule has 3 rings (SSSR count). The average molecular weight is 292 g/mol. The Bertz CT molecular complexity index is 765. The Hall–Kier alpha value is -1.82. The third-order valence-corrected chi connectivity index (χ3v) is 4.24. The van der Waals surface area contributed by atoms with Crippen LogP contribution in [-0.2, 0) is 11.8 Å². The van der Waals surface area contributed by atoms with E-state index in [-0.39, 0.29) is 12.7 Å². The number of benzene rings is 1. The van der Waals surface area contributed by atoms with Crippen LogP contribution in [0.4, 0.5) is 0 Å². The molecular weight excluding hydrogens is 276 g/mol.